The number of rotatable bonds is 2. The van der Waals surface area contributed by atoms with Crippen molar-refractivity contribution >= 4 is 47.1 Å². The molecule has 6 heteroatoms. The summed E-state index contributed by atoms with van der Waals surface area (Å²) < 4.78 is 0. The normalized spacial score (nSPS) is 14.3. The Hall–Kier alpha value is -0.550. The van der Waals surface area contributed by atoms with Gasteiger partial charge in [0.1, 0.15) is 0 Å². The Morgan fingerprint density at radius 1 is 0.778 bits per heavy atom. The van der Waals surface area contributed by atoms with E-state index < -0.39 is 0 Å². The molecule has 0 radical (unpaired) electrons. The zero-order chi connectivity index (χ0) is 12.9. The van der Waals surface area contributed by atoms with Crippen LogP contribution < -0.4 is 10.9 Å². The van der Waals surface area contributed by atoms with Crippen LogP contribution in [0.15, 0.2) is 22.9 Å². The number of fused-ring (bicyclic) bond motifs is 3. The van der Waals surface area contributed by atoms with Crippen LogP contribution in [0.5, 0.6) is 0 Å². The van der Waals surface area contributed by atoms with Gasteiger partial charge in [0.25, 0.3) is 0 Å². The SMILES string of the molecule is CN(C)B1B(N(C)C)c2ccsc2-c2sccc21. The minimum Gasteiger partial charge on any atom is -0.348 e. The first-order valence-corrected chi connectivity index (χ1v) is 7.85. The van der Waals surface area contributed by atoms with Crippen LogP contribution in [0.3, 0.4) is 0 Å². The highest BCUT2D eigenvalue weighted by Crippen LogP contribution is 2.31. The lowest BCUT2D eigenvalue weighted by Crippen LogP contribution is -2.68. The van der Waals surface area contributed by atoms with Gasteiger partial charge in [0, 0.05) is 9.75 Å². The Balaban J connectivity index is 2.23. The molecule has 1 aliphatic heterocycles. The molecule has 2 nitrogen and oxygen atoms in total. The zero-order valence-electron chi connectivity index (χ0n) is 11.2. The van der Waals surface area contributed by atoms with Crippen LogP contribution in [0, 0.1) is 0 Å². The fraction of sp³-hybridized carbons (Fsp3) is 0.333. The third kappa shape index (κ3) is 1.71. The van der Waals surface area contributed by atoms with E-state index in [9.17, 15) is 0 Å². The van der Waals surface area contributed by atoms with Crippen molar-refractivity contribution in [3.05, 3.63) is 22.9 Å². The van der Waals surface area contributed by atoms with Crippen molar-refractivity contribution < 1.29 is 0 Å². The van der Waals surface area contributed by atoms with Crippen LogP contribution in [-0.2, 0) is 0 Å². The van der Waals surface area contributed by atoms with E-state index >= 15 is 0 Å². The first kappa shape index (κ1) is 12.5. The quantitative estimate of drug-likeness (QED) is 0.756. The summed E-state index contributed by atoms with van der Waals surface area (Å²) in [5, 5.41) is 4.45. The van der Waals surface area contributed by atoms with Gasteiger partial charge in [-0.2, -0.15) is 0 Å². The van der Waals surface area contributed by atoms with Crippen LogP contribution in [0.25, 0.3) is 9.75 Å². The molecular weight excluding hydrogens is 258 g/mol. The summed E-state index contributed by atoms with van der Waals surface area (Å²) >= 11 is 3.75. The molecule has 0 unspecified atom stereocenters. The van der Waals surface area contributed by atoms with Gasteiger partial charge in [-0.1, -0.05) is 12.1 Å². The Bertz CT molecular complexity index is 512. The molecule has 18 heavy (non-hydrogen) atoms. The smallest absolute Gasteiger partial charge is 0.249 e. The van der Waals surface area contributed by atoms with Crippen LogP contribution in [0.4, 0.5) is 0 Å². The molecule has 2 aromatic rings. The van der Waals surface area contributed by atoms with E-state index in [1.165, 1.54) is 20.7 Å². The predicted octanol–water partition coefficient (Wildman–Crippen LogP) is 1.09. The summed E-state index contributed by atoms with van der Waals surface area (Å²) in [5.41, 5.74) is 2.97. The lowest BCUT2D eigenvalue weighted by Gasteiger charge is -2.35. The van der Waals surface area contributed by atoms with Gasteiger partial charge in [-0.25, -0.2) is 0 Å². The molecule has 0 atom stereocenters. The topological polar surface area (TPSA) is 6.48 Å². The zero-order valence-corrected chi connectivity index (χ0v) is 12.8. The van der Waals surface area contributed by atoms with Crippen molar-refractivity contribution in [3.8, 4) is 9.75 Å². The summed E-state index contributed by atoms with van der Waals surface area (Å²) in [6.45, 7) is 0.895. The number of hydrogen-bond donors (Lipinski definition) is 0. The first-order chi connectivity index (χ1) is 8.61. The molecule has 3 heterocycles. The lowest BCUT2D eigenvalue weighted by atomic mass is 9.13. The van der Waals surface area contributed by atoms with E-state index in [1.54, 1.807) is 0 Å². The standard InChI is InChI=1S/C12H16B2N2S2/c1-15(2)13-9-5-7-17-11(9)12-10(6-8-18-12)14(13)16(3)4/h5-8H,1-4H3. The van der Waals surface area contributed by atoms with Gasteiger partial charge >= 0.3 is 0 Å². The summed E-state index contributed by atoms with van der Waals surface area (Å²) in [5.74, 6) is 0. The Morgan fingerprint density at radius 2 is 1.17 bits per heavy atom. The highest BCUT2D eigenvalue weighted by molar-refractivity contribution is 7.37. The van der Waals surface area contributed by atoms with E-state index in [4.69, 9.17) is 0 Å². The van der Waals surface area contributed by atoms with E-state index in [0.29, 0.717) is 13.5 Å². The molecule has 3 rings (SSSR count). The van der Waals surface area contributed by atoms with Crippen molar-refractivity contribution in [2.24, 2.45) is 0 Å². The molecule has 0 saturated carbocycles. The van der Waals surface area contributed by atoms with Crippen LogP contribution in [0.2, 0.25) is 0 Å². The third-order valence-electron chi connectivity index (χ3n) is 3.65. The van der Waals surface area contributed by atoms with Crippen LogP contribution >= 0.6 is 22.7 Å². The van der Waals surface area contributed by atoms with E-state index in [0.717, 1.165) is 0 Å². The van der Waals surface area contributed by atoms with Crippen LogP contribution in [-0.4, -0.2) is 51.3 Å². The molecule has 0 saturated heterocycles. The maximum atomic E-state index is 2.34. The Kier molecular flexibility index (Phi) is 3.14. The second-order valence-electron chi connectivity index (χ2n) is 5.23. The highest BCUT2D eigenvalue weighted by atomic mass is 32.1. The molecule has 0 N–H and O–H groups in total. The van der Waals surface area contributed by atoms with E-state index in [1.807, 2.05) is 22.7 Å². The third-order valence-corrected chi connectivity index (χ3v) is 5.67. The predicted molar refractivity (Wildman–Crippen MR) is 85.8 cm³/mol. The van der Waals surface area contributed by atoms with Gasteiger partial charge < -0.3 is 9.62 Å². The first-order valence-electron chi connectivity index (χ1n) is 6.09. The second kappa shape index (κ2) is 4.53. The molecular formula is C12H16B2N2S2. The maximum Gasteiger partial charge on any atom is 0.249 e. The molecule has 0 aliphatic carbocycles. The maximum absolute atomic E-state index is 2.34. The van der Waals surface area contributed by atoms with Crippen molar-refractivity contribution in [2.75, 3.05) is 28.2 Å². The van der Waals surface area contributed by atoms with Crippen LogP contribution in [0.1, 0.15) is 0 Å². The van der Waals surface area contributed by atoms with Gasteiger partial charge in [0.15, 0.2) is 0 Å². The molecule has 0 aromatic carbocycles. The fourth-order valence-electron chi connectivity index (χ4n) is 2.93. The molecule has 2 aromatic heterocycles. The number of nitrogens with zero attached hydrogens (tertiary/aromatic N) is 2. The van der Waals surface area contributed by atoms with Gasteiger partial charge in [-0.05, 0) is 49.9 Å². The number of hydrogen-bond acceptors (Lipinski definition) is 4. The molecule has 0 spiro atoms. The van der Waals surface area contributed by atoms with E-state index in [2.05, 4.69) is 60.7 Å². The van der Waals surface area contributed by atoms with Crippen molar-refractivity contribution in [2.45, 2.75) is 0 Å². The van der Waals surface area contributed by atoms with Gasteiger partial charge in [0.2, 0.25) is 13.5 Å². The van der Waals surface area contributed by atoms with E-state index in [-0.39, 0.29) is 0 Å². The Morgan fingerprint density at radius 3 is 1.50 bits per heavy atom. The minimum atomic E-state index is 0.448. The monoisotopic (exact) mass is 274 g/mol. The van der Waals surface area contributed by atoms with Crippen molar-refractivity contribution in [1.29, 1.82) is 0 Å². The average molecular weight is 274 g/mol. The molecule has 0 amide bonds. The molecule has 0 bridgehead atoms. The average Bonchev–Trinajstić information content (AvgIpc) is 2.93. The summed E-state index contributed by atoms with van der Waals surface area (Å²) in [7, 11) is 8.72. The lowest BCUT2D eigenvalue weighted by molar-refractivity contribution is 0.632. The molecule has 0 fully saturated rings. The van der Waals surface area contributed by atoms with Crippen molar-refractivity contribution in [1.82, 2.24) is 9.62 Å². The summed E-state index contributed by atoms with van der Waals surface area (Å²) in [6.07, 6.45) is 0. The van der Waals surface area contributed by atoms with Crippen molar-refractivity contribution in [3.63, 3.8) is 0 Å². The minimum absolute atomic E-state index is 0.448. The van der Waals surface area contributed by atoms with Gasteiger partial charge in [0.05, 0.1) is 0 Å². The molecule has 1 aliphatic rings. The molecule has 92 valence electrons. The van der Waals surface area contributed by atoms with Gasteiger partial charge in [-0.3, -0.25) is 0 Å². The highest BCUT2D eigenvalue weighted by Gasteiger charge is 2.44. The van der Waals surface area contributed by atoms with Gasteiger partial charge in [-0.15, -0.1) is 22.7 Å². The summed E-state index contributed by atoms with van der Waals surface area (Å²) in [6, 6.07) is 4.59. The largest absolute Gasteiger partial charge is 0.348 e. The fourth-order valence-corrected chi connectivity index (χ4v) is 5.02. The summed E-state index contributed by atoms with van der Waals surface area (Å²) in [4.78, 5) is 7.63. The number of thiophene rings is 2. The second-order valence-corrected chi connectivity index (χ2v) is 7.06. The Labute approximate surface area is 117 Å².